The van der Waals surface area contributed by atoms with Crippen LogP contribution in [0.1, 0.15) is 47.2 Å². The van der Waals surface area contributed by atoms with Gasteiger partial charge in [-0.1, -0.05) is 66.4 Å². The van der Waals surface area contributed by atoms with Gasteiger partial charge in [0, 0.05) is 32.7 Å². The fourth-order valence-corrected chi connectivity index (χ4v) is 5.29. The highest BCUT2D eigenvalue weighted by atomic mass is 35.5. The SMILES string of the molecule is Cc1cccc(CNC(=O)C(C2CCCC2)N2CCN(C(=O)c3ccccc3Cl)CC2)c1. The second-order valence-corrected chi connectivity index (χ2v) is 9.41. The molecule has 2 fully saturated rings. The topological polar surface area (TPSA) is 52.7 Å². The Bertz CT molecular complexity index is 950. The van der Waals surface area contributed by atoms with Crippen LogP contribution in [0.5, 0.6) is 0 Å². The van der Waals surface area contributed by atoms with Crippen molar-refractivity contribution in [2.75, 3.05) is 26.2 Å². The molecule has 2 aromatic rings. The molecule has 1 aliphatic carbocycles. The van der Waals surface area contributed by atoms with Crippen molar-refractivity contribution in [3.05, 3.63) is 70.2 Å². The molecule has 5 nitrogen and oxygen atoms in total. The molecule has 0 spiro atoms. The van der Waals surface area contributed by atoms with Gasteiger partial charge in [0.2, 0.25) is 5.91 Å². The molecule has 1 atom stereocenters. The third-order valence-electron chi connectivity index (χ3n) is 6.76. The molecule has 2 aliphatic rings. The Labute approximate surface area is 195 Å². The third-order valence-corrected chi connectivity index (χ3v) is 7.09. The Morgan fingerprint density at radius 2 is 1.75 bits per heavy atom. The number of carbonyl (C=O) groups excluding carboxylic acids is 2. The molecular formula is C26H32ClN3O2. The van der Waals surface area contributed by atoms with E-state index in [0.717, 1.165) is 18.4 Å². The Balaban J connectivity index is 1.40. The van der Waals surface area contributed by atoms with E-state index in [0.29, 0.717) is 49.2 Å². The van der Waals surface area contributed by atoms with Crippen molar-refractivity contribution in [1.82, 2.24) is 15.1 Å². The first kappa shape index (κ1) is 22.8. The van der Waals surface area contributed by atoms with E-state index in [-0.39, 0.29) is 17.9 Å². The molecule has 0 bridgehead atoms. The number of nitrogens with zero attached hydrogens (tertiary/aromatic N) is 2. The lowest BCUT2D eigenvalue weighted by Gasteiger charge is -2.40. The van der Waals surface area contributed by atoms with Gasteiger partial charge >= 0.3 is 0 Å². The average molecular weight is 454 g/mol. The maximum atomic E-state index is 13.3. The highest BCUT2D eigenvalue weighted by Crippen LogP contribution is 2.31. The number of nitrogens with one attached hydrogen (secondary N) is 1. The highest BCUT2D eigenvalue weighted by Gasteiger charge is 2.37. The van der Waals surface area contributed by atoms with Crippen molar-refractivity contribution in [2.24, 2.45) is 5.92 Å². The van der Waals surface area contributed by atoms with Crippen LogP contribution in [-0.4, -0.2) is 53.8 Å². The third kappa shape index (κ3) is 5.33. The number of carbonyl (C=O) groups is 2. The van der Waals surface area contributed by atoms with Crippen molar-refractivity contribution < 1.29 is 9.59 Å². The molecule has 2 aromatic carbocycles. The number of hydrogen-bond acceptors (Lipinski definition) is 3. The van der Waals surface area contributed by atoms with E-state index >= 15 is 0 Å². The fourth-order valence-electron chi connectivity index (χ4n) is 5.08. The van der Waals surface area contributed by atoms with E-state index in [2.05, 4.69) is 35.3 Å². The quantitative estimate of drug-likeness (QED) is 0.710. The first-order valence-corrected chi connectivity index (χ1v) is 12.0. The Hall–Kier alpha value is -2.37. The molecule has 1 unspecified atom stereocenters. The fraction of sp³-hybridized carbons (Fsp3) is 0.462. The standard InChI is InChI=1S/C26H32ClN3O2/c1-19-7-6-8-20(17-19)18-28-25(31)24(21-9-2-3-10-21)29-13-15-30(16-14-29)26(32)22-11-4-5-12-23(22)27/h4-8,11-12,17,21,24H,2-3,9-10,13-16,18H2,1H3,(H,28,31). The molecule has 1 aliphatic heterocycles. The van der Waals surface area contributed by atoms with Gasteiger partial charge in [-0.05, 0) is 43.4 Å². The number of amides is 2. The molecule has 1 N–H and O–H groups in total. The van der Waals surface area contributed by atoms with Crippen LogP contribution < -0.4 is 5.32 Å². The van der Waals surface area contributed by atoms with Crippen LogP contribution in [0.2, 0.25) is 5.02 Å². The van der Waals surface area contributed by atoms with E-state index in [1.54, 1.807) is 12.1 Å². The van der Waals surface area contributed by atoms with E-state index in [4.69, 9.17) is 11.6 Å². The Kier molecular flexibility index (Phi) is 7.48. The number of rotatable bonds is 6. The lowest BCUT2D eigenvalue weighted by Crippen LogP contribution is -2.57. The molecule has 170 valence electrons. The maximum Gasteiger partial charge on any atom is 0.255 e. The van der Waals surface area contributed by atoms with Crippen LogP contribution in [0.15, 0.2) is 48.5 Å². The summed E-state index contributed by atoms with van der Waals surface area (Å²) in [7, 11) is 0. The summed E-state index contributed by atoms with van der Waals surface area (Å²) in [4.78, 5) is 30.4. The lowest BCUT2D eigenvalue weighted by molar-refractivity contribution is -0.129. The molecule has 6 heteroatoms. The molecule has 2 amide bonds. The minimum Gasteiger partial charge on any atom is -0.351 e. The van der Waals surface area contributed by atoms with Gasteiger partial charge in [0.1, 0.15) is 0 Å². The van der Waals surface area contributed by atoms with Crippen LogP contribution in [0.4, 0.5) is 0 Å². The minimum atomic E-state index is -0.125. The van der Waals surface area contributed by atoms with Crippen molar-refractivity contribution >= 4 is 23.4 Å². The van der Waals surface area contributed by atoms with Gasteiger partial charge in [0.15, 0.2) is 0 Å². The van der Waals surface area contributed by atoms with Gasteiger partial charge in [-0.25, -0.2) is 0 Å². The molecule has 4 rings (SSSR count). The predicted octanol–water partition coefficient (Wildman–Crippen LogP) is 4.28. The lowest BCUT2D eigenvalue weighted by atomic mass is 9.94. The summed E-state index contributed by atoms with van der Waals surface area (Å²) in [6, 6.07) is 15.3. The van der Waals surface area contributed by atoms with Crippen LogP contribution >= 0.6 is 11.6 Å². The Morgan fingerprint density at radius 1 is 1.03 bits per heavy atom. The van der Waals surface area contributed by atoms with Gasteiger partial charge in [-0.15, -0.1) is 0 Å². The van der Waals surface area contributed by atoms with Gasteiger partial charge in [0.25, 0.3) is 5.91 Å². The number of hydrogen-bond donors (Lipinski definition) is 1. The average Bonchev–Trinajstić information content (AvgIpc) is 3.33. The van der Waals surface area contributed by atoms with Crippen LogP contribution in [0, 0.1) is 12.8 Å². The van der Waals surface area contributed by atoms with E-state index < -0.39 is 0 Å². The number of benzene rings is 2. The molecule has 32 heavy (non-hydrogen) atoms. The first-order valence-electron chi connectivity index (χ1n) is 11.6. The van der Waals surface area contributed by atoms with E-state index in [9.17, 15) is 9.59 Å². The largest absolute Gasteiger partial charge is 0.351 e. The Morgan fingerprint density at radius 3 is 2.44 bits per heavy atom. The van der Waals surface area contributed by atoms with Crippen molar-refractivity contribution in [1.29, 1.82) is 0 Å². The van der Waals surface area contributed by atoms with Gasteiger partial charge in [-0.2, -0.15) is 0 Å². The molecule has 0 aromatic heterocycles. The van der Waals surface area contributed by atoms with E-state index in [1.807, 2.05) is 23.1 Å². The molecule has 1 saturated heterocycles. The summed E-state index contributed by atoms with van der Waals surface area (Å²) in [5, 5.41) is 3.67. The molecule has 1 saturated carbocycles. The highest BCUT2D eigenvalue weighted by molar-refractivity contribution is 6.33. The van der Waals surface area contributed by atoms with Gasteiger partial charge in [0.05, 0.1) is 16.6 Å². The summed E-state index contributed by atoms with van der Waals surface area (Å²) in [6.07, 6.45) is 4.58. The summed E-state index contributed by atoms with van der Waals surface area (Å²) >= 11 is 6.23. The van der Waals surface area contributed by atoms with Crippen molar-refractivity contribution in [3.8, 4) is 0 Å². The zero-order valence-electron chi connectivity index (χ0n) is 18.7. The zero-order valence-corrected chi connectivity index (χ0v) is 19.5. The maximum absolute atomic E-state index is 13.3. The smallest absolute Gasteiger partial charge is 0.255 e. The van der Waals surface area contributed by atoms with Crippen LogP contribution in [0.25, 0.3) is 0 Å². The van der Waals surface area contributed by atoms with Crippen molar-refractivity contribution in [3.63, 3.8) is 0 Å². The number of halogens is 1. The summed E-state index contributed by atoms with van der Waals surface area (Å²) in [5.41, 5.74) is 2.87. The normalized spacial score (nSPS) is 18.5. The predicted molar refractivity (Wildman–Crippen MR) is 128 cm³/mol. The summed E-state index contributed by atoms with van der Waals surface area (Å²) < 4.78 is 0. The monoisotopic (exact) mass is 453 g/mol. The molecule has 1 heterocycles. The first-order chi connectivity index (χ1) is 15.5. The molecule has 0 radical (unpaired) electrons. The van der Waals surface area contributed by atoms with Crippen LogP contribution in [-0.2, 0) is 11.3 Å². The molecular weight excluding hydrogens is 422 g/mol. The van der Waals surface area contributed by atoms with Gasteiger partial charge in [-0.3, -0.25) is 14.5 Å². The summed E-state index contributed by atoms with van der Waals surface area (Å²) in [5.74, 6) is 0.471. The second-order valence-electron chi connectivity index (χ2n) is 9.00. The van der Waals surface area contributed by atoms with Crippen LogP contribution in [0.3, 0.4) is 0 Å². The van der Waals surface area contributed by atoms with Crippen molar-refractivity contribution in [2.45, 2.75) is 45.2 Å². The summed E-state index contributed by atoms with van der Waals surface area (Å²) in [6.45, 7) is 5.24. The minimum absolute atomic E-state index is 0.0310. The van der Waals surface area contributed by atoms with E-state index in [1.165, 1.54) is 18.4 Å². The number of piperazine rings is 1. The zero-order chi connectivity index (χ0) is 22.5. The number of aryl methyl sites for hydroxylation is 1. The second kappa shape index (κ2) is 10.5. The van der Waals surface area contributed by atoms with Gasteiger partial charge < -0.3 is 10.2 Å².